The zero-order valence-electron chi connectivity index (χ0n) is 39.9. The summed E-state index contributed by atoms with van der Waals surface area (Å²) in [6.07, 6.45) is 0. The number of furan rings is 5. The van der Waals surface area contributed by atoms with Crippen molar-refractivity contribution in [2.45, 2.75) is 0 Å². The lowest BCUT2D eigenvalue weighted by Crippen LogP contribution is -2.09. The fourth-order valence-electron chi connectivity index (χ4n) is 12.0. The van der Waals surface area contributed by atoms with Gasteiger partial charge in [0.1, 0.15) is 44.7 Å². The Bertz CT molecular complexity index is 4890. The summed E-state index contributed by atoms with van der Waals surface area (Å²) < 4.78 is 33.9. The van der Waals surface area contributed by atoms with Gasteiger partial charge in [0.2, 0.25) is 0 Å². The molecule has 0 aliphatic rings. The molecule has 17 rings (SSSR count). The Labute approximate surface area is 425 Å². The largest absolute Gasteiger partial charge is 0.456 e. The van der Waals surface area contributed by atoms with Crippen LogP contribution in [0.3, 0.4) is 0 Å². The zero-order valence-corrected chi connectivity index (χ0v) is 39.9. The highest BCUT2D eigenvalue weighted by molar-refractivity contribution is 6.23. The van der Waals surface area contributed by atoms with Gasteiger partial charge in [-0.1, -0.05) is 121 Å². The van der Waals surface area contributed by atoms with Gasteiger partial charge < -0.3 is 31.9 Å². The average Bonchev–Trinajstić information content (AvgIpc) is 4.34. The molecule has 7 heteroatoms. The molecule has 5 heterocycles. The summed E-state index contributed by atoms with van der Waals surface area (Å²) in [5.74, 6) is 0. The Balaban J connectivity index is 0.777. The first kappa shape index (κ1) is 40.4. The molecule has 0 saturated heterocycles. The Morgan fingerprint density at radius 3 is 1.03 bits per heavy atom. The molecule has 0 amide bonds. The number of benzene rings is 12. The van der Waals surface area contributed by atoms with Crippen LogP contribution >= 0.6 is 0 Å². The van der Waals surface area contributed by atoms with Crippen LogP contribution in [0.4, 0.5) is 34.1 Å². The number of fused-ring (bicyclic) bond motifs is 19. The fourth-order valence-corrected chi connectivity index (χ4v) is 12.0. The minimum atomic E-state index is 0.772. The van der Waals surface area contributed by atoms with Gasteiger partial charge in [-0.2, -0.15) is 0 Å². The first-order valence-corrected chi connectivity index (χ1v) is 25.2. The molecule has 7 nitrogen and oxygen atoms in total. The van der Waals surface area contributed by atoms with Crippen molar-refractivity contribution in [2.75, 3.05) is 9.80 Å². The summed E-state index contributed by atoms with van der Waals surface area (Å²) in [5.41, 5.74) is 13.8. The molecular formula is C68H38N2O5. The molecule has 0 unspecified atom stereocenters. The Kier molecular flexibility index (Phi) is 8.15. The molecule has 5 aromatic heterocycles. The van der Waals surface area contributed by atoms with Crippen molar-refractivity contribution < 1.29 is 22.1 Å². The van der Waals surface area contributed by atoms with Crippen LogP contribution < -0.4 is 9.80 Å². The predicted molar refractivity (Wildman–Crippen MR) is 307 cm³/mol. The summed E-state index contributed by atoms with van der Waals surface area (Å²) in [5, 5.41) is 15.0. The molecule has 0 atom stereocenters. The van der Waals surface area contributed by atoms with Crippen LogP contribution in [0.15, 0.2) is 253 Å². The standard InChI is InChI=1S/C68H38N2O5/c1-3-15-41(16-4-1)69(55-23-11-21-49-65-45-19-9-7-13-39(45)25-31-57(65)74-67(49)55)43-27-29-47-51-35-63-53(37-61(51)71-59(47)33-43)54-38-62-52(36-64(54)73-63)48-30-28-44(34-60(48)72-62)70(42-17-5-2-6-18-42)56-24-12-22-50-66-46-20-10-8-14-40(46)26-32-58(66)75-68(50)56/h1-38H. The summed E-state index contributed by atoms with van der Waals surface area (Å²) in [4.78, 5) is 4.50. The molecule has 350 valence electrons. The lowest BCUT2D eigenvalue weighted by atomic mass is 10.0. The van der Waals surface area contributed by atoms with Gasteiger partial charge in [0, 0.05) is 77.4 Å². The number of nitrogens with zero attached hydrogens (tertiary/aromatic N) is 2. The van der Waals surface area contributed by atoms with Crippen molar-refractivity contribution in [1.29, 1.82) is 0 Å². The second kappa shape index (κ2) is 15.1. The van der Waals surface area contributed by atoms with Crippen LogP contribution in [0.25, 0.3) is 131 Å². The normalized spacial score (nSPS) is 12.3. The highest BCUT2D eigenvalue weighted by atomic mass is 16.3. The van der Waals surface area contributed by atoms with Crippen molar-refractivity contribution in [1.82, 2.24) is 0 Å². The quantitative estimate of drug-likeness (QED) is 0.164. The van der Waals surface area contributed by atoms with Gasteiger partial charge in [-0.15, -0.1) is 0 Å². The van der Waals surface area contributed by atoms with Crippen LogP contribution in [0.1, 0.15) is 0 Å². The van der Waals surface area contributed by atoms with Crippen molar-refractivity contribution in [3.05, 3.63) is 231 Å². The van der Waals surface area contributed by atoms with Crippen LogP contribution in [-0.4, -0.2) is 0 Å². The number of para-hydroxylation sites is 4. The molecular weight excluding hydrogens is 925 g/mol. The molecule has 0 saturated carbocycles. The van der Waals surface area contributed by atoms with Crippen LogP contribution in [0, 0.1) is 0 Å². The molecule has 0 fully saturated rings. The Hall–Kier alpha value is -10.2. The second-order valence-electron chi connectivity index (χ2n) is 19.5. The summed E-state index contributed by atoms with van der Waals surface area (Å²) in [6.45, 7) is 0. The van der Waals surface area contributed by atoms with E-state index in [1.807, 2.05) is 12.1 Å². The van der Waals surface area contributed by atoms with E-state index in [1.165, 1.54) is 21.5 Å². The number of hydrogen-bond donors (Lipinski definition) is 0. The number of rotatable bonds is 6. The topological polar surface area (TPSA) is 72.2 Å². The van der Waals surface area contributed by atoms with Gasteiger partial charge in [0.25, 0.3) is 0 Å². The Morgan fingerprint density at radius 1 is 0.213 bits per heavy atom. The second-order valence-corrected chi connectivity index (χ2v) is 19.5. The van der Waals surface area contributed by atoms with Crippen LogP contribution in [-0.2, 0) is 0 Å². The third-order valence-electron chi connectivity index (χ3n) is 15.4. The molecule has 0 radical (unpaired) electrons. The maximum Gasteiger partial charge on any atom is 0.159 e. The van der Waals surface area contributed by atoms with Crippen molar-refractivity contribution >= 4 is 165 Å². The van der Waals surface area contributed by atoms with Crippen molar-refractivity contribution in [3.8, 4) is 0 Å². The van der Waals surface area contributed by atoms with Crippen molar-refractivity contribution in [2.24, 2.45) is 0 Å². The van der Waals surface area contributed by atoms with E-state index in [0.717, 1.165) is 144 Å². The van der Waals surface area contributed by atoms with E-state index < -0.39 is 0 Å². The predicted octanol–water partition coefficient (Wildman–Crippen LogP) is 20.4. The fraction of sp³-hybridized carbons (Fsp3) is 0. The van der Waals surface area contributed by atoms with Crippen LogP contribution in [0.5, 0.6) is 0 Å². The Morgan fingerprint density at radius 2 is 0.587 bits per heavy atom. The van der Waals surface area contributed by atoms with Crippen LogP contribution in [0.2, 0.25) is 0 Å². The molecule has 12 aromatic carbocycles. The minimum absolute atomic E-state index is 0.772. The highest BCUT2D eigenvalue weighted by Crippen LogP contribution is 2.48. The molecule has 0 N–H and O–H groups in total. The first-order chi connectivity index (χ1) is 37.1. The summed E-state index contributed by atoms with van der Waals surface area (Å²) >= 11 is 0. The average molecular weight is 963 g/mol. The third kappa shape index (κ3) is 5.86. The van der Waals surface area contributed by atoms with Gasteiger partial charge in [-0.25, -0.2) is 0 Å². The summed E-state index contributed by atoms with van der Waals surface area (Å²) in [6, 6.07) is 80.4. The minimum Gasteiger partial charge on any atom is -0.456 e. The van der Waals surface area contributed by atoms with Gasteiger partial charge in [-0.3, -0.25) is 0 Å². The van der Waals surface area contributed by atoms with E-state index in [9.17, 15) is 0 Å². The zero-order chi connectivity index (χ0) is 48.9. The molecule has 0 aliphatic heterocycles. The molecule has 75 heavy (non-hydrogen) atoms. The SMILES string of the molecule is c1ccc(N(c2ccc3c(c2)oc2cc4c(cc23)oc2cc3c(cc24)oc2cc(N(c4ccccc4)c4cccc5c4oc4ccc6ccccc6c45)ccc23)c2cccc3c2oc2ccc4ccccc4c23)cc1. The van der Waals surface area contributed by atoms with E-state index in [-0.39, 0.29) is 0 Å². The third-order valence-corrected chi connectivity index (χ3v) is 15.4. The van der Waals surface area contributed by atoms with Gasteiger partial charge in [0.05, 0.1) is 22.7 Å². The van der Waals surface area contributed by atoms with Gasteiger partial charge in [-0.05, 0) is 119 Å². The monoisotopic (exact) mass is 962 g/mol. The smallest absolute Gasteiger partial charge is 0.159 e. The molecule has 0 bridgehead atoms. The van der Waals surface area contributed by atoms with Gasteiger partial charge in [0.15, 0.2) is 11.2 Å². The molecule has 17 aromatic rings. The summed E-state index contributed by atoms with van der Waals surface area (Å²) in [7, 11) is 0. The lowest BCUT2D eigenvalue weighted by Gasteiger charge is -2.25. The van der Waals surface area contributed by atoms with E-state index in [2.05, 4.69) is 228 Å². The molecule has 0 spiro atoms. The lowest BCUT2D eigenvalue weighted by molar-refractivity contribution is 0.662. The first-order valence-electron chi connectivity index (χ1n) is 25.2. The molecule has 0 aliphatic carbocycles. The number of anilines is 6. The number of hydrogen-bond acceptors (Lipinski definition) is 7. The van der Waals surface area contributed by atoms with E-state index in [1.54, 1.807) is 0 Å². The maximum atomic E-state index is 6.81. The van der Waals surface area contributed by atoms with E-state index in [4.69, 9.17) is 22.1 Å². The van der Waals surface area contributed by atoms with Gasteiger partial charge >= 0.3 is 0 Å². The van der Waals surface area contributed by atoms with E-state index in [0.29, 0.717) is 0 Å². The van der Waals surface area contributed by atoms with Crippen molar-refractivity contribution in [3.63, 3.8) is 0 Å². The highest BCUT2D eigenvalue weighted by Gasteiger charge is 2.25. The maximum absolute atomic E-state index is 6.81. The van der Waals surface area contributed by atoms with E-state index >= 15 is 0 Å².